The van der Waals surface area contributed by atoms with Crippen molar-refractivity contribution in [1.29, 1.82) is 0 Å². The number of fused-ring (bicyclic) bond motifs is 2. The number of para-hydroxylation sites is 1. The number of amides is 3. The van der Waals surface area contributed by atoms with Crippen LogP contribution < -0.4 is 25.4 Å². The maximum Gasteiger partial charge on any atom is 0.586 e. The second-order valence-corrected chi connectivity index (χ2v) is 10.0. The molecule has 3 aromatic rings. The minimum atomic E-state index is -4.89. The molecule has 2 atom stereocenters. The average Bonchev–Trinajstić information content (AvgIpc) is 3.20. The third-order valence-electron chi connectivity index (χ3n) is 6.80. The van der Waals surface area contributed by atoms with Gasteiger partial charge in [-0.05, 0) is 48.4 Å². The van der Waals surface area contributed by atoms with E-state index in [9.17, 15) is 40.7 Å². The molecule has 2 aliphatic rings. The number of nitrogens with one attached hydrogen (secondary N) is 1. The lowest BCUT2D eigenvalue weighted by Gasteiger charge is -2.24. The van der Waals surface area contributed by atoms with E-state index in [2.05, 4.69) is 19.8 Å². The van der Waals surface area contributed by atoms with Crippen LogP contribution in [0, 0.1) is 11.7 Å². The quantitative estimate of drug-likeness (QED) is 0.385. The minimum Gasteiger partial charge on any atom is -0.395 e. The molecule has 0 spiro atoms. The molecule has 0 saturated carbocycles. The number of aliphatic imine (C=N–C) groups is 1. The first-order valence-electron chi connectivity index (χ1n) is 13.0. The van der Waals surface area contributed by atoms with Gasteiger partial charge in [0, 0.05) is 17.0 Å². The van der Waals surface area contributed by atoms with E-state index in [-0.39, 0.29) is 46.0 Å². The Hall–Kier alpha value is -5.08. The van der Waals surface area contributed by atoms with E-state index in [4.69, 9.17) is 5.73 Å². The summed E-state index contributed by atoms with van der Waals surface area (Å²) >= 11 is 0. The van der Waals surface area contributed by atoms with Crippen LogP contribution in [-0.2, 0) is 27.0 Å². The molecule has 15 heteroatoms. The average molecular weight is 621 g/mol. The van der Waals surface area contributed by atoms with E-state index in [0.29, 0.717) is 12.1 Å². The smallest absolute Gasteiger partial charge is 0.395 e. The van der Waals surface area contributed by atoms with Gasteiger partial charge in [-0.25, -0.2) is 9.38 Å². The van der Waals surface area contributed by atoms with E-state index in [1.807, 2.05) is 0 Å². The van der Waals surface area contributed by atoms with Gasteiger partial charge in [-0.3, -0.25) is 19.3 Å². The first-order chi connectivity index (χ1) is 20.6. The first-order valence-corrected chi connectivity index (χ1v) is 13.0. The molecule has 2 aliphatic heterocycles. The summed E-state index contributed by atoms with van der Waals surface area (Å²) < 4.78 is 89.3. The molecule has 0 aliphatic carbocycles. The molecule has 3 N–H and O–H groups in total. The van der Waals surface area contributed by atoms with Gasteiger partial charge in [0.2, 0.25) is 18.0 Å². The van der Waals surface area contributed by atoms with Gasteiger partial charge in [0.05, 0.1) is 17.0 Å². The van der Waals surface area contributed by atoms with Crippen molar-refractivity contribution in [2.24, 2.45) is 16.6 Å². The Balaban J connectivity index is 1.49. The Morgan fingerprint density at radius 2 is 1.77 bits per heavy atom. The molecule has 9 nitrogen and oxygen atoms in total. The SMILES string of the molecule is C[C@@H](Cc1ccc(C(F)(F)F)c(F)c1)C(=O)NC1N=C(c2ccc3c(c2)OC(F)(F)O3)c2ccccc2N(CC(N)=O)C1=O. The number of ether oxygens (including phenoxy) is 2. The van der Waals surface area contributed by atoms with Crippen LogP contribution >= 0.6 is 0 Å². The van der Waals surface area contributed by atoms with Gasteiger partial charge in [0.25, 0.3) is 5.91 Å². The Bertz CT molecular complexity index is 1690. The van der Waals surface area contributed by atoms with Gasteiger partial charge in [-0.1, -0.05) is 31.2 Å². The molecule has 0 bridgehead atoms. The van der Waals surface area contributed by atoms with E-state index in [1.165, 1.54) is 31.2 Å². The number of hydrogen-bond acceptors (Lipinski definition) is 6. The fourth-order valence-electron chi connectivity index (χ4n) is 4.81. The lowest BCUT2D eigenvalue weighted by molar-refractivity contribution is -0.286. The molecule has 0 radical (unpaired) electrons. The number of anilines is 1. The number of nitrogens with two attached hydrogens (primary N) is 1. The normalized spacial score (nSPS) is 17.8. The van der Waals surface area contributed by atoms with Crippen molar-refractivity contribution < 1.29 is 50.2 Å². The summed E-state index contributed by atoms with van der Waals surface area (Å²) in [4.78, 5) is 44.3. The lowest BCUT2D eigenvalue weighted by atomic mass is 9.98. The highest BCUT2D eigenvalue weighted by molar-refractivity contribution is 6.21. The number of nitrogens with zero attached hydrogens (tertiary/aromatic N) is 2. The number of alkyl halides is 5. The minimum absolute atomic E-state index is 0.0605. The fourth-order valence-corrected chi connectivity index (χ4v) is 4.81. The van der Waals surface area contributed by atoms with Crippen LogP contribution in [0.25, 0.3) is 0 Å². The zero-order chi connectivity index (χ0) is 32.0. The number of hydrogen-bond donors (Lipinski definition) is 2. The van der Waals surface area contributed by atoms with Crippen molar-refractivity contribution >= 4 is 29.1 Å². The predicted octanol–water partition coefficient (Wildman–Crippen LogP) is 4.16. The molecule has 0 fully saturated rings. The molecule has 0 saturated heterocycles. The monoisotopic (exact) mass is 620 g/mol. The Morgan fingerprint density at radius 1 is 1.07 bits per heavy atom. The van der Waals surface area contributed by atoms with Crippen molar-refractivity contribution in [3.63, 3.8) is 0 Å². The summed E-state index contributed by atoms with van der Waals surface area (Å²) in [7, 11) is 0. The van der Waals surface area contributed by atoms with Gasteiger partial charge in [-0.15, -0.1) is 8.78 Å². The fraction of sp³-hybridized carbons (Fsp3) is 0.241. The summed E-state index contributed by atoms with van der Waals surface area (Å²) in [5, 5.41) is 2.46. The van der Waals surface area contributed by atoms with Crippen molar-refractivity contribution in [3.8, 4) is 11.5 Å². The van der Waals surface area contributed by atoms with Crippen LogP contribution in [0.4, 0.5) is 32.0 Å². The Labute approximate surface area is 245 Å². The van der Waals surface area contributed by atoms with E-state index < -0.39 is 60.2 Å². The number of rotatable bonds is 7. The lowest BCUT2D eigenvalue weighted by Crippen LogP contribution is -2.50. The summed E-state index contributed by atoms with van der Waals surface area (Å²) in [6.45, 7) is 0.809. The van der Waals surface area contributed by atoms with E-state index >= 15 is 0 Å². The molecule has 0 aromatic heterocycles. The molecule has 5 rings (SSSR count). The molecule has 2 heterocycles. The summed E-state index contributed by atoms with van der Waals surface area (Å²) in [6.07, 6.45) is -10.7. The summed E-state index contributed by atoms with van der Waals surface area (Å²) in [5.74, 6) is -5.56. The largest absolute Gasteiger partial charge is 0.586 e. The predicted molar refractivity (Wildman–Crippen MR) is 142 cm³/mol. The Morgan fingerprint density at radius 3 is 2.45 bits per heavy atom. The highest BCUT2D eigenvalue weighted by Gasteiger charge is 2.44. The maximum absolute atomic E-state index is 14.1. The number of carbonyl (C=O) groups is 3. The number of carbonyl (C=O) groups excluding carboxylic acids is 3. The molecule has 230 valence electrons. The van der Waals surface area contributed by atoms with Gasteiger partial charge < -0.3 is 20.5 Å². The molecule has 1 unspecified atom stereocenters. The molecule has 3 amide bonds. The second-order valence-electron chi connectivity index (χ2n) is 10.0. The maximum atomic E-state index is 14.1. The van der Waals surface area contributed by atoms with Crippen LogP contribution in [0.1, 0.15) is 29.2 Å². The van der Waals surface area contributed by atoms with Crippen LogP contribution in [0.3, 0.4) is 0 Å². The first kappa shape index (κ1) is 30.4. The standard InChI is InChI=1S/C29H22F6N4O5/c1-14(10-15-6-8-18(19(30)11-15)28(31,32)33)26(41)38-25-27(42)39(13-23(36)40)20-5-3-2-4-17(20)24(37-25)16-7-9-21-22(12-16)44-29(34,35)43-21/h2-9,11-12,14,25H,10,13H2,1H3,(H2,36,40)(H,38,41)/t14-,25?/m0/s1. The molecule has 3 aromatic carbocycles. The Kier molecular flexibility index (Phi) is 7.74. The number of benzodiazepines with no additional fused rings is 1. The van der Waals surface area contributed by atoms with Crippen LogP contribution in [0.2, 0.25) is 0 Å². The zero-order valence-corrected chi connectivity index (χ0v) is 22.6. The van der Waals surface area contributed by atoms with Crippen LogP contribution in [-0.4, -0.2) is 42.4 Å². The molecular formula is C29H22F6N4O5. The van der Waals surface area contributed by atoms with Gasteiger partial charge in [0.1, 0.15) is 12.4 Å². The highest BCUT2D eigenvalue weighted by atomic mass is 19.4. The highest BCUT2D eigenvalue weighted by Crippen LogP contribution is 2.42. The van der Waals surface area contributed by atoms with Crippen molar-refractivity contribution in [2.45, 2.75) is 32.0 Å². The van der Waals surface area contributed by atoms with Gasteiger partial charge >= 0.3 is 12.5 Å². The second kappa shape index (κ2) is 11.2. The molecular weight excluding hydrogens is 598 g/mol. The topological polar surface area (TPSA) is 123 Å². The van der Waals surface area contributed by atoms with Crippen molar-refractivity contribution in [2.75, 3.05) is 11.4 Å². The third-order valence-corrected chi connectivity index (χ3v) is 6.80. The number of primary amides is 1. The van der Waals surface area contributed by atoms with Crippen LogP contribution in [0.5, 0.6) is 11.5 Å². The van der Waals surface area contributed by atoms with E-state index in [0.717, 1.165) is 11.0 Å². The number of benzene rings is 3. The van der Waals surface area contributed by atoms with Gasteiger partial charge in [-0.2, -0.15) is 13.2 Å². The third kappa shape index (κ3) is 6.16. The number of halogens is 6. The summed E-state index contributed by atoms with van der Waals surface area (Å²) in [5.41, 5.74) is 4.76. The van der Waals surface area contributed by atoms with Gasteiger partial charge in [0.15, 0.2) is 11.5 Å². The van der Waals surface area contributed by atoms with Crippen LogP contribution in [0.15, 0.2) is 65.7 Å². The van der Waals surface area contributed by atoms with E-state index in [1.54, 1.807) is 18.2 Å². The van der Waals surface area contributed by atoms with Crippen molar-refractivity contribution in [1.82, 2.24) is 5.32 Å². The zero-order valence-electron chi connectivity index (χ0n) is 22.6. The summed E-state index contributed by atoms with van der Waals surface area (Å²) in [6, 6.07) is 12.3. The van der Waals surface area contributed by atoms with Crippen molar-refractivity contribution in [3.05, 3.63) is 88.7 Å². The molecule has 44 heavy (non-hydrogen) atoms.